The number of ketones is 1. The normalized spacial score (nSPS) is 10.4. The number of aromatic nitrogens is 2. The fourth-order valence-corrected chi connectivity index (χ4v) is 1.63. The summed E-state index contributed by atoms with van der Waals surface area (Å²) in [6, 6.07) is 3.71. The maximum absolute atomic E-state index is 12.8. The Morgan fingerprint density at radius 2 is 2.31 bits per heavy atom. The first-order valence-electron chi connectivity index (χ1n) is 4.63. The van der Waals surface area contributed by atoms with Crippen molar-refractivity contribution in [1.29, 1.82) is 0 Å². The molecule has 0 saturated heterocycles. The van der Waals surface area contributed by atoms with Crippen LogP contribution in [0.25, 0.3) is 0 Å². The number of benzene rings is 1. The van der Waals surface area contributed by atoms with Crippen molar-refractivity contribution in [3.05, 3.63) is 52.8 Å². The highest BCUT2D eigenvalue weighted by Crippen LogP contribution is 2.18. The molecular weight excluding hydrogens is 231 g/mol. The summed E-state index contributed by atoms with van der Waals surface area (Å²) < 4.78 is 12.8. The number of carbonyl (C=O) groups excluding carboxylic acids is 1. The summed E-state index contributed by atoms with van der Waals surface area (Å²) in [5.74, 6) is -0.0927. The lowest BCUT2D eigenvalue weighted by Crippen LogP contribution is -2.05. The lowest BCUT2D eigenvalue weighted by Gasteiger charge is -2.01. The molecule has 0 aliphatic heterocycles. The van der Waals surface area contributed by atoms with Gasteiger partial charge in [-0.05, 0) is 18.2 Å². The zero-order valence-electron chi connectivity index (χ0n) is 8.21. The molecule has 0 radical (unpaired) electrons. The molecule has 0 aliphatic carbocycles. The first kappa shape index (κ1) is 10.8. The van der Waals surface area contributed by atoms with Gasteiger partial charge in [-0.25, -0.2) is 9.37 Å². The molecular formula is C11H8ClFN2O. The Balaban J connectivity index is 2.21. The van der Waals surface area contributed by atoms with Gasteiger partial charge in [-0.2, -0.15) is 0 Å². The summed E-state index contributed by atoms with van der Waals surface area (Å²) >= 11 is 5.77. The van der Waals surface area contributed by atoms with Crippen LogP contribution in [-0.4, -0.2) is 15.8 Å². The minimum Gasteiger partial charge on any atom is -0.348 e. The van der Waals surface area contributed by atoms with E-state index in [1.807, 2.05) is 0 Å². The van der Waals surface area contributed by atoms with E-state index < -0.39 is 5.82 Å². The molecule has 5 heteroatoms. The molecule has 1 heterocycles. The molecule has 16 heavy (non-hydrogen) atoms. The Labute approximate surface area is 96.3 Å². The average molecular weight is 239 g/mol. The molecule has 0 unspecified atom stereocenters. The van der Waals surface area contributed by atoms with Crippen LogP contribution in [0.1, 0.15) is 16.2 Å². The first-order valence-corrected chi connectivity index (χ1v) is 5.01. The number of nitrogens with one attached hydrogen (secondary N) is 1. The van der Waals surface area contributed by atoms with Crippen LogP contribution in [0, 0.1) is 5.82 Å². The van der Waals surface area contributed by atoms with Gasteiger partial charge in [0, 0.05) is 18.0 Å². The van der Waals surface area contributed by atoms with E-state index in [4.69, 9.17) is 11.6 Å². The Morgan fingerprint density at radius 3 is 2.94 bits per heavy atom. The summed E-state index contributed by atoms with van der Waals surface area (Å²) in [6.45, 7) is 0. The van der Waals surface area contributed by atoms with Crippen LogP contribution in [0.15, 0.2) is 30.6 Å². The van der Waals surface area contributed by atoms with Gasteiger partial charge in [0.1, 0.15) is 11.6 Å². The zero-order chi connectivity index (χ0) is 11.5. The van der Waals surface area contributed by atoms with Crippen molar-refractivity contribution in [2.45, 2.75) is 6.42 Å². The number of hydrogen-bond acceptors (Lipinski definition) is 2. The van der Waals surface area contributed by atoms with E-state index in [2.05, 4.69) is 9.97 Å². The molecule has 2 rings (SSSR count). The SMILES string of the molecule is O=C(Cc1ncc[nH]1)c1ccc(F)cc1Cl. The summed E-state index contributed by atoms with van der Waals surface area (Å²) in [5.41, 5.74) is 0.305. The Morgan fingerprint density at radius 1 is 1.50 bits per heavy atom. The third kappa shape index (κ3) is 2.28. The van der Waals surface area contributed by atoms with E-state index in [1.54, 1.807) is 12.4 Å². The van der Waals surface area contributed by atoms with Crippen LogP contribution in [0.2, 0.25) is 5.02 Å². The molecule has 1 aromatic carbocycles. The Bertz CT molecular complexity index is 511. The van der Waals surface area contributed by atoms with Crippen molar-refractivity contribution < 1.29 is 9.18 Å². The summed E-state index contributed by atoms with van der Waals surface area (Å²) in [4.78, 5) is 18.5. The molecule has 0 amide bonds. The predicted molar refractivity (Wildman–Crippen MR) is 58.0 cm³/mol. The van der Waals surface area contributed by atoms with Gasteiger partial charge in [-0.1, -0.05) is 11.6 Å². The van der Waals surface area contributed by atoms with Gasteiger partial charge >= 0.3 is 0 Å². The van der Waals surface area contributed by atoms with Gasteiger partial charge in [0.15, 0.2) is 5.78 Å². The maximum Gasteiger partial charge on any atom is 0.171 e. The van der Waals surface area contributed by atoms with Gasteiger partial charge < -0.3 is 4.98 Å². The standard InChI is InChI=1S/C11H8ClFN2O/c12-9-5-7(13)1-2-8(9)10(16)6-11-14-3-4-15-11/h1-5H,6H2,(H,14,15). The highest BCUT2D eigenvalue weighted by molar-refractivity contribution is 6.34. The summed E-state index contributed by atoms with van der Waals surface area (Å²) in [7, 11) is 0. The second-order valence-electron chi connectivity index (χ2n) is 3.26. The molecule has 2 aromatic rings. The molecule has 82 valence electrons. The molecule has 0 spiro atoms. The number of imidazole rings is 1. The number of halogens is 2. The molecule has 0 atom stereocenters. The van der Waals surface area contributed by atoms with Gasteiger partial charge in [0.2, 0.25) is 0 Å². The molecule has 0 bridgehead atoms. The minimum atomic E-state index is -0.459. The van der Waals surface area contributed by atoms with E-state index in [0.29, 0.717) is 11.4 Å². The Kier molecular flexibility index (Phi) is 3.01. The van der Waals surface area contributed by atoms with Crippen molar-refractivity contribution in [3.63, 3.8) is 0 Å². The molecule has 3 nitrogen and oxygen atoms in total. The summed E-state index contributed by atoms with van der Waals surface area (Å²) in [6.07, 6.45) is 3.32. The van der Waals surface area contributed by atoms with Gasteiger partial charge in [0.05, 0.1) is 11.4 Å². The smallest absolute Gasteiger partial charge is 0.171 e. The average Bonchev–Trinajstić information content (AvgIpc) is 2.70. The third-order valence-corrected chi connectivity index (χ3v) is 2.43. The van der Waals surface area contributed by atoms with Crippen molar-refractivity contribution in [2.75, 3.05) is 0 Å². The number of nitrogens with zero attached hydrogens (tertiary/aromatic N) is 1. The fraction of sp³-hybridized carbons (Fsp3) is 0.0909. The van der Waals surface area contributed by atoms with Crippen LogP contribution < -0.4 is 0 Å². The molecule has 0 fully saturated rings. The fourth-order valence-electron chi connectivity index (χ4n) is 1.36. The topological polar surface area (TPSA) is 45.8 Å². The molecule has 0 saturated carbocycles. The highest BCUT2D eigenvalue weighted by Gasteiger charge is 2.12. The zero-order valence-corrected chi connectivity index (χ0v) is 8.96. The Hall–Kier alpha value is -1.68. The monoisotopic (exact) mass is 238 g/mol. The van der Waals surface area contributed by atoms with Crippen LogP contribution >= 0.6 is 11.6 Å². The largest absolute Gasteiger partial charge is 0.348 e. The number of H-pyrrole nitrogens is 1. The minimum absolute atomic E-state index is 0.122. The molecule has 0 aliphatic rings. The van der Waals surface area contributed by atoms with Crippen molar-refractivity contribution in [1.82, 2.24) is 9.97 Å². The number of hydrogen-bond donors (Lipinski definition) is 1. The van der Waals surface area contributed by atoms with Crippen molar-refractivity contribution in [2.24, 2.45) is 0 Å². The van der Waals surface area contributed by atoms with Crippen LogP contribution in [-0.2, 0) is 6.42 Å². The van der Waals surface area contributed by atoms with Gasteiger partial charge in [-0.15, -0.1) is 0 Å². The molecule has 1 aromatic heterocycles. The lowest BCUT2D eigenvalue weighted by atomic mass is 10.1. The van der Waals surface area contributed by atoms with Crippen molar-refractivity contribution >= 4 is 17.4 Å². The number of carbonyl (C=O) groups is 1. The number of Topliss-reactive ketones (excluding diaryl/α,β-unsaturated/α-hetero) is 1. The first-order chi connectivity index (χ1) is 7.66. The lowest BCUT2D eigenvalue weighted by molar-refractivity contribution is 0.0991. The second kappa shape index (κ2) is 4.45. The summed E-state index contributed by atoms with van der Waals surface area (Å²) in [5, 5.41) is 0.122. The quantitative estimate of drug-likeness (QED) is 0.836. The van der Waals surface area contributed by atoms with E-state index in [0.717, 1.165) is 6.07 Å². The highest BCUT2D eigenvalue weighted by atomic mass is 35.5. The molecule has 1 N–H and O–H groups in total. The van der Waals surface area contributed by atoms with Gasteiger partial charge in [-0.3, -0.25) is 4.79 Å². The second-order valence-corrected chi connectivity index (χ2v) is 3.67. The third-order valence-electron chi connectivity index (χ3n) is 2.11. The van der Waals surface area contributed by atoms with Crippen LogP contribution in [0.4, 0.5) is 4.39 Å². The van der Waals surface area contributed by atoms with E-state index in [1.165, 1.54) is 12.1 Å². The number of rotatable bonds is 3. The van der Waals surface area contributed by atoms with E-state index >= 15 is 0 Å². The van der Waals surface area contributed by atoms with Crippen molar-refractivity contribution in [3.8, 4) is 0 Å². The predicted octanol–water partition coefficient (Wildman–Crippen LogP) is 2.63. The van der Waals surface area contributed by atoms with Gasteiger partial charge in [0.25, 0.3) is 0 Å². The maximum atomic E-state index is 12.8. The van der Waals surface area contributed by atoms with Crippen LogP contribution in [0.5, 0.6) is 0 Å². The van der Waals surface area contributed by atoms with E-state index in [-0.39, 0.29) is 17.2 Å². The van der Waals surface area contributed by atoms with Crippen LogP contribution in [0.3, 0.4) is 0 Å². The van der Waals surface area contributed by atoms with E-state index in [9.17, 15) is 9.18 Å². The number of aromatic amines is 1.